The highest BCUT2D eigenvalue weighted by Gasteiger charge is 2.14. The predicted octanol–water partition coefficient (Wildman–Crippen LogP) is 2.29. The SMILES string of the molecule is Cc1cccc(-n2cc(C(=O)O)c(=O)cc2C)c1F. The molecule has 0 atom stereocenters. The Morgan fingerprint density at radius 3 is 2.63 bits per heavy atom. The van der Waals surface area contributed by atoms with Crippen molar-refractivity contribution in [2.45, 2.75) is 13.8 Å². The molecule has 5 heteroatoms. The number of pyridine rings is 1. The van der Waals surface area contributed by atoms with Crippen LogP contribution < -0.4 is 5.43 Å². The molecule has 0 unspecified atom stereocenters. The van der Waals surface area contributed by atoms with E-state index < -0.39 is 17.2 Å². The monoisotopic (exact) mass is 261 g/mol. The van der Waals surface area contributed by atoms with Crippen molar-refractivity contribution in [3.63, 3.8) is 0 Å². The van der Waals surface area contributed by atoms with Crippen molar-refractivity contribution in [3.05, 3.63) is 63.3 Å². The summed E-state index contributed by atoms with van der Waals surface area (Å²) in [5.41, 5.74) is 0.174. The number of nitrogens with zero attached hydrogens (tertiary/aromatic N) is 1. The first-order chi connectivity index (χ1) is 8.91. The molecular formula is C14H12FNO3. The Labute approximate surface area is 108 Å². The zero-order valence-electron chi connectivity index (χ0n) is 10.5. The smallest absolute Gasteiger partial charge is 0.341 e. The van der Waals surface area contributed by atoms with Crippen molar-refractivity contribution in [3.8, 4) is 5.69 Å². The molecule has 0 amide bonds. The van der Waals surface area contributed by atoms with E-state index in [1.165, 1.54) is 16.7 Å². The van der Waals surface area contributed by atoms with Gasteiger partial charge in [0.2, 0.25) is 0 Å². The molecule has 4 nitrogen and oxygen atoms in total. The number of hydrogen-bond acceptors (Lipinski definition) is 2. The number of hydrogen-bond donors (Lipinski definition) is 1. The van der Waals surface area contributed by atoms with Crippen LogP contribution >= 0.6 is 0 Å². The maximum atomic E-state index is 14.1. The summed E-state index contributed by atoms with van der Waals surface area (Å²) in [6, 6.07) is 6.01. The number of carbonyl (C=O) groups is 1. The summed E-state index contributed by atoms with van der Waals surface area (Å²) in [4.78, 5) is 22.5. The summed E-state index contributed by atoms with van der Waals surface area (Å²) in [7, 11) is 0. The van der Waals surface area contributed by atoms with Gasteiger partial charge >= 0.3 is 5.97 Å². The zero-order valence-corrected chi connectivity index (χ0v) is 10.5. The van der Waals surface area contributed by atoms with Gasteiger partial charge in [0.1, 0.15) is 11.4 Å². The lowest BCUT2D eigenvalue weighted by atomic mass is 10.1. The maximum Gasteiger partial charge on any atom is 0.341 e. The highest BCUT2D eigenvalue weighted by Crippen LogP contribution is 2.18. The van der Waals surface area contributed by atoms with Gasteiger partial charge in [0.25, 0.3) is 0 Å². The summed E-state index contributed by atoms with van der Waals surface area (Å²) in [6.07, 6.45) is 1.15. The Balaban J connectivity index is 2.76. The number of benzene rings is 1. The van der Waals surface area contributed by atoms with Crippen LogP contribution in [0.2, 0.25) is 0 Å². The highest BCUT2D eigenvalue weighted by molar-refractivity contribution is 5.87. The average Bonchev–Trinajstić information content (AvgIpc) is 2.33. The fourth-order valence-electron chi connectivity index (χ4n) is 1.87. The van der Waals surface area contributed by atoms with Gasteiger partial charge in [0.05, 0.1) is 5.69 Å². The number of aromatic carboxylic acids is 1. The average molecular weight is 261 g/mol. The lowest BCUT2D eigenvalue weighted by molar-refractivity contribution is 0.0694. The van der Waals surface area contributed by atoms with Crippen LogP contribution in [0, 0.1) is 19.7 Å². The maximum absolute atomic E-state index is 14.1. The Kier molecular flexibility index (Phi) is 3.21. The van der Waals surface area contributed by atoms with E-state index in [0.717, 1.165) is 6.20 Å². The highest BCUT2D eigenvalue weighted by atomic mass is 19.1. The second kappa shape index (κ2) is 4.68. The van der Waals surface area contributed by atoms with Gasteiger partial charge in [0, 0.05) is 18.0 Å². The molecule has 0 aliphatic rings. The molecule has 0 fully saturated rings. The number of aromatic nitrogens is 1. The minimum atomic E-state index is -1.33. The van der Waals surface area contributed by atoms with Crippen molar-refractivity contribution < 1.29 is 14.3 Å². The van der Waals surface area contributed by atoms with Crippen molar-refractivity contribution in [2.24, 2.45) is 0 Å². The number of halogens is 1. The first-order valence-corrected chi connectivity index (χ1v) is 5.64. The first-order valence-electron chi connectivity index (χ1n) is 5.64. The Morgan fingerprint density at radius 1 is 1.32 bits per heavy atom. The minimum Gasteiger partial charge on any atom is -0.477 e. The number of aryl methyl sites for hydroxylation is 2. The van der Waals surface area contributed by atoms with E-state index in [4.69, 9.17) is 5.11 Å². The Hall–Kier alpha value is -2.43. The molecule has 0 spiro atoms. The minimum absolute atomic E-state index is 0.222. The van der Waals surface area contributed by atoms with Crippen molar-refractivity contribution in [1.82, 2.24) is 4.57 Å². The molecule has 0 saturated carbocycles. The molecule has 1 aromatic heterocycles. The van der Waals surface area contributed by atoms with Crippen molar-refractivity contribution in [2.75, 3.05) is 0 Å². The van der Waals surface area contributed by atoms with E-state index in [9.17, 15) is 14.0 Å². The predicted molar refractivity (Wildman–Crippen MR) is 68.4 cm³/mol. The van der Waals surface area contributed by atoms with Crippen LogP contribution in [0.15, 0.2) is 35.3 Å². The van der Waals surface area contributed by atoms with E-state index >= 15 is 0 Å². The third-order valence-corrected chi connectivity index (χ3v) is 2.90. The van der Waals surface area contributed by atoms with E-state index in [-0.39, 0.29) is 11.3 Å². The molecule has 0 bridgehead atoms. The molecule has 0 aliphatic carbocycles. The largest absolute Gasteiger partial charge is 0.477 e. The van der Waals surface area contributed by atoms with Gasteiger partial charge in [-0.1, -0.05) is 12.1 Å². The molecule has 2 aromatic rings. The molecule has 0 radical (unpaired) electrons. The van der Waals surface area contributed by atoms with Gasteiger partial charge in [-0.25, -0.2) is 9.18 Å². The molecule has 1 heterocycles. The van der Waals surface area contributed by atoms with Gasteiger partial charge in [-0.05, 0) is 25.5 Å². The molecule has 0 aliphatic heterocycles. The van der Waals surface area contributed by atoms with Crippen LogP contribution in [0.1, 0.15) is 21.6 Å². The van der Waals surface area contributed by atoms with E-state index in [1.54, 1.807) is 26.0 Å². The molecule has 1 aromatic carbocycles. The molecule has 2 rings (SSSR count). The van der Waals surface area contributed by atoms with Gasteiger partial charge in [-0.2, -0.15) is 0 Å². The van der Waals surface area contributed by atoms with Gasteiger partial charge in [0.15, 0.2) is 5.43 Å². The van der Waals surface area contributed by atoms with Crippen LogP contribution in [-0.2, 0) is 0 Å². The number of rotatable bonds is 2. The van der Waals surface area contributed by atoms with E-state index in [2.05, 4.69) is 0 Å². The fourth-order valence-corrected chi connectivity index (χ4v) is 1.87. The van der Waals surface area contributed by atoms with Crippen LogP contribution in [0.5, 0.6) is 0 Å². The Morgan fingerprint density at radius 2 is 2.00 bits per heavy atom. The zero-order chi connectivity index (χ0) is 14.2. The third-order valence-electron chi connectivity index (χ3n) is 2.90. The number of carboxylic acids is 1. The fraction of sp³-hybridized carbons (Fsp3) is 0.143. The van der Waals surface area contributed by atoms with Gasteiger partial charge in [-0.3, -0.25) is 4.79 Å². The lowest BCUT2D eigenvalue weighted by Crippen LogP contribution is -2.18. The third kappa shape index (κ3) is 2.27. The van der Waals surface area contributed by atoms with Crippen LogP contribution in [-0.4, -0.2) is 15.6 Å². The van der Waals surface area contributed by atoms with Gasteiger partial charge < -0.3 is 9.67 Å². The lowest BCUT2D eigenvalue weighted by Gasteiger charge is -2.13. The van der Waals surface area contributed by atoms with Crippen LogP contribution in [0.3, 0.4) is 0 Å². The second-order valence-corrected chi connectivity index (χ2v) is 4.28. The Bertz CT molecular complexity index is 719. The summed E-state index contributed by atoms with van der Waals surface area (Å²) in [5.74, 6) is -1.77. The summed E-state index contributed by atoms with van der Waals surface area (Å²) >= 11 is 0. The van der Waals surface area contributed by atoms with E-state index in [1.807, 2.05) is 0 Å². The molecular weight excluding hydrogens is 249 g/mol. The topological polar surface area (TPSA) is 59.3 Å². The van der Waals surface area contributed by atoms with Crippen LogP contribution in [0.4, 0.5) is 4.39 Å². The summed E-state index contributed by atoms with van der Waals surface area (Å²) in [6.45, 7) is 3.24. The second-order valence-electron chi connectivity index (χ2n) is 4.28. The van der Waals surface area contributed by atoms with E-state index in [0.29, 0.717) is 11.3 Å². The van der Waals surface area contributed by atoms with Crippen LogP contribution in [0.25, 0.3) is 5.69 Å². The quantitative estimate of drug-likeness (QED) is 0.902. The molecule has 0 saturated heterocycles. The molecule has 19 heavy (non-hydrogen) atoms. The van der Waals surface area contributed by atoms with Gasteiger partial charge in [-0.15, -0.1) is 0 Å². The summed E-state index contributed by atoms with van der Waals surface area (Å²) < 4.78 is 15.4. The molecule has 1 N–H and O–H groups in total. The van der Waals surface area contributed by atoms with Crippen molar-refractivity contribution in [1.29, 1.82) is 0 Å². The van der Waals surface area contributed by atoms with Crippen molar-refractivity contribution >= 4 is 5.97 Å². The normalized spacial score (nSPS) is 10.5. The standard InChI is InChI=1S/C14H12FNO3/c1-8-4-3-5-11(13(8)15)16-7-10(14(18)19)12(17)6-9(16)2/h3-7H,1-2H3,(H,18,19). The number of carboxylic acid groups (broad SMARTS) is 1. The molecule has 98 valence electrons. The summed E-state index contributed by atoms with van der Waals surface area (Å²) in [5, 5.41) is 8.94. The first kappa shape index (κ1) is 13.0.